The molecule has 1 saturated heterocycles. The first-order valence-corrected chi connectivity index (χ1v) is 8.49. The Morgan fingerprint density at radius 3 is 1.85 bits per heavy atom. The molecule has 0 spiro atoms. The highest BCUT2D eigenvalue weighted by molar-refractivity contribution is 5.96. The maximum atomic E-state index is 12.6. The Morgan fingerprint density at radius 2 is 1.30 bits per heavy atom. The molecule has 0 unspecified atom stereocenters. The summed E-state index contributed by atoms with van der Waals surface area (Å²) in [6.07, 6.45) is 0.562. The van der Waals surface area contributed by atoms with Gasteiger partial charge in [0.2, 0.25) is 0 Å². The lowest BCUT2D eigenvalue weighted by atomic mass is 10.1. The number of phenols is 4. The SMILES string of the molecule is O=C(c1cccc(O)c1)N1CCCN(C(=O)c2cc(O)c(O)c(O)c2)CC1. The van der Waals surface area contributed by atoms with Gasteiger partial charge in [-0.2, -0.15) is 0 Å². The van der Waals surface area contributed by atoms with Gasteiger partial charge in [0.1, 0.15) is 5.75 Å². The molecule has 1 aliphatic heterocycles. The van der Waals surface area contributed by atoms with E-state index in [0.717, 1.165) is 12.1 Å². The first-order valence-electron chi connectivity index (χ1n) is 8.49. The van der Waals surface area contributed by atoms with Crippen molar-refractivity contribution in [1.82, 2.24) is 9.80 Å². The number of aromatic hydroxyl groups is 4. The Labute approximate surface area is 155 Å². The van der Waals surface area contributed by atoms with Crippen LogP contribution in [0.2, 0.25) is 0 Å². The van der Waals surface area contributed by atoms with E-state index in [1.807, 2.05) is 0 Å². The minimum absolute atomic E-state index is 0.0134. The first-order chi connectivity index (χ1) is 12.9. The van der Waals surface area contributed by atoms with Gasteiger partial charge in [0, 0.05) is 37.3 Å². The van der Waals surface area contributed by atoms with E-state index >= 15 is 0 Å². The van der Waals surface area contributed by atoms with E-state index in [1.165, 1.54) is 17.0 Å². The highest BCUT2D eigenvalue weighted by Crippen LogP contribution is 2.35. The zero-order chi connectivity index (χ0) is 19.6. The molecule has 0 aliphatic carbocycles. The normalized spacial score (nSPS) is 14.7. The molecular formula is C19H20N2O6. The van der Waals surface area contributed by atoms with Crippen molar-refractivity contribution in [2.45, 2.75) is 6.42 Å². The zero-order valence-corrected chi connectivity index (χ0v) is 14.5. The molecule has 2 aromatic rings. The second-order valence-electron chi connectivity index (χ2n) is 6.35. The summed E-state index contributed by atoms with van der Waals surface area (Å²) in [7, 11) is 0. The van der Waals surface area contributed by atoms with Gasteiger partial charge in [-0.1, -0.05) is 6.07 Å². The van der Waals surface area contributed by atoms with Gasteiger partial charge >= 0.3 is 0 Å². The van der Waals surface area contributed by atoms with Crippen molar-refractivity contribution < 1.29 is 30.0 Å². The quantitative estimate of drug-likeness (QED) is 0.593. The summed E-state index contributed by atoms with van der Waals surface area (Å²) in [5.41, 5.74) is 0.429. The van der Waals surface area contributed by atoms with Gasteiger partial charge in [0.05, 0.1) is 0 Å². The van der Waals surface area contributed by atoms with E-state index in [4.69, 9.17) is 0 Å². The molecule has 0 radical (unpaired) electrons. The van der Waals surface area contributed by atoms with Crippen LogP contribution in [-0.4, -0.2) is 68.2 Å². The van der Waals surface area contributed by atoms with Crippen molar-refractivity contribution in [3.05, 3.63) is 47.5 Å². The molecule has 0 aromatic heterocycles. The summed E-state index contributed by atoms with van der Waals surface area (Å²) >= 11 is 0. The monoisotopic (exact) mass is 372 g/mol. The number of phenolic OH excluding ortho intramolecular Hbond substituents is 4. The second kappa shape index (κ2) is 7.45. The van der Waals surface area contributed by atoms with Crippen LogP contribution in [0.25, 0.3) is 0 Å². The summed E-state index contributed by atoms with van der Waals surface area (Å²) in [4.78, 5) is 28.4. The van der Waals surface area contributed by atoms with Gasteiger partial charge in [-0.05, 0) is 36.8 Å². The van der Waals surface area contributed by atoms with Crippen molar-refractivity contribution in [2.75, 3.05) is 26.2 Å². The Balaban J connectivity index is 1.71. The van der Waals surface area contributed by atoms with Crippen LogP contribution in [0.5, 0.6) is 23.0 Å². The minimum atomic E-state index is -0.676. The molecule has 3 rings (SSSR count). The average Bonchev–Trinajstić information content (AvgIpc) is 2.90. The number of carbonyl (C=O) groups is 2. The molecule has 0 saturated carbocycles. The number of hydrogen-bond acceptors (Lipinski definition) is 6. The molecule has 8 heteroatoms. The number of amides is 2. The molecule has 4 N–H and O–H groups in total. The molecule has 2 aromatic carbocycles. The standard InChI is InChI=1S/C19H20N2O6/c22-14-4-1-3-12(9-14)18(26)20-5-2-6-21(8-7-20)19(27)13-10-15(23)17(25)16(24)11-13/h1,3-4,9-11,22-25H,2,5-8H2. The van der Waals surface area contributed by atoms with E-state index in [1.54, 1.807) is 17.0 Å². The number of rotatable bonds is 2. The van der Waals surface area contributed by atoms with Crippen molar-refractivity contribution in [3.8, 4) is 23.0 Å². The van der Waals surface area contributed by atoms with Crippen LogP contribution in [0.4, 0.5) is 0 Å². The molecule has 8 nitrogen and oxygen atoms in total. The molecular weight excluding hydrogens is 352 g/mol. The van der Waals surface area contributed by atoms with Crippen molar-refractivity contribution in [1.29, 1.82) is 0 Å². The third kappa shape index (κ3) is 3.89. The van der Waals surface area contributed by atoms with Gasteiger partial charge in [-0.25, -0.2) is 0 Å². The molecule has 1 heterocycles. The van der Waals surface area contributed by atoms with Crippen molar-refractivity contribution in [3.63, 3.8) is 0 Å². The lowest BCUT2D eigenvalue weighted by molar-refractivity contribution is 0.0718. The number of carbonyl (C=O) groups excluding carboxylic acids is 2. The van der Waals surface area contributed by atoms with Gasteiger partial charge in [0.15, 0.2) is 17.2 Å². The average molecular weight is 372 g/mol. The van der Waals surface area contributed by atoms with Crippen molar-refractivity contribution >= 4 is 11.8 Å². The third-order valence-corrected chi connectivity index (χ3v) is 4.48. The van der Waals surface area contributed by atoms with Gasteiger partial charge in [-0.3, -0.25) is 9.59 Å². The molecule has 142 valence electrons. The Kier molecular flexibility index (Phi) is 5.07. The van der Waals surface area contributed by atoms with Crippen molar-refractivity contribution in [2.24, 2.45) is 0 Å². The van der Waals surface area contributed by atoms with E-state index < -0.39 is 23.2 Å². The van der Waals surface area contributed by atoms with Crippen LogP contribution >= 0.6 is 0 Å². The zero-order valence-electron chi connectivity index (χ0n) is 14.5. The fourth-order valence-electron chi connectivity index (χ4n) is 3.06. The van der Waals surface area contributed by atoms with Gasteiger partial charge in [-0.15, -0.1) is 0 Å². The summed E-state index contributed by atoms with van der Waals surface area (Å²) in [5.74, 6) is -2.44. The molecule has 1 aliphatic rings. The lowest BCUT2D eigenvalue weighted by Crippen LogP contribution is -2.37. The van der Waals surface area contributed by atoms with E-state index in [9.17, 15) is 30.0 Å². The third-order valence-electron chi connectivity index (χ3n) is 4.48. The van der Waals surface area contributed by atoms with Crippen LogP contribution in [0, 0.1) is 0 Å². The summed E-state index contributed by atoms with van der Waals surface area (Å²) in [5, 5.41) is 38.1. The Hall–Kier alpha value is -3.42. The van der Waals surface area contributed by atoms with Crippen LogP contribution < -0.4 is 0 Å². The number of hydrogen-bond donors (Lipinski definition) is 4. The molecule has 0 atom stereocenters. The topological polar surface area (TPSA) is 122 Å². The predicted molar refractivity (Wildman–Crippen MR) is 96.0 cm³/mol. The maximum Gasteiger partial charge on any atom is 0.254 e. The van der Waals surface area contributed by atoms with Gasteiger partial charge < -0.3 is 30.2 Å². The molecule has 0 bridgehead atoms. The van der Waals surface area contributed by atoms with Gasteiger partial charge in [0.25, 0.3) is 11.8 Å². The fraction of sp³-hybridized carbons (Fsp3) is 0.263. The van der Waals surface area contributed by atoms with Crippen LogP contribution in [-0.2, 0) is 0 Å². The van der Waals surface area contributed by atoms with Crippen LogP contribution in [0.15, 0.2) is 36.4 Å². The largest absolute Gasteiger partial charge is 0.508 e. The smallest absolute Gasteiger partial charge is 0.254 e. The summed E-state index contributed by atoms with van der Waals surface area (Å²) in [6, 6.07) is 8.30. The molecule has 1 fully saturated rings. The highest BCUT2D eigenvalue weighted by Gasteiger charge is 2.25. The van der Waals surface area contributed by atoms with E-state index in [-0.39, 0.29) is 23.8 Å². The Bertz CT molecular complexity index is 859. The predicted octanol–water partition coefficient (Wildman–Crippen LogP) is 1.50. The second-order valence-corrected chi connectivity index (χ2v) is 6.35. The van der Waals surface area contributed by atoms with E-state index in [2.05, 4.69) is 0 Å². The molecule has 27 heavy (non-hydrogen) atoms. The summed E-state index contributed by atoms with van der Waals surface area (Å²) < 4.78 is 0. The number of benzene rings is 2. The number of nitrogens with zero attached hydrogens (tertiary/aromatic N) is 2. The summed E-state index contributed by atoms with van der Waals surface area (Å²) in [6.45, 7) is 1.47. The highest BCUT2D eigenvalue weighted by atomic mass is 16.3. The molecule has 2 amide bonds. The van der Waals surface area contributed by atoms with Crippen LogP contribution in [0.3, 0.4) is 0 Å². The Morgan fingerprint density at radius 1 is 0.741 bits per heavy atom. The van der Waals surface area contributed by atoms with E-state index in [0.29, 0.717) is 31.6 Å². The lowest BCUT2D eigenvalue weighted by Gasteiger charge is -2.22. The first kappa shape index (κ1) is 18.4. The van der Waals surface area contributed by atoms with Crippen LogP contribution in [0.1, 0.15) is 27.1 Å². The fourth-order valence-corrected chi connectivity index (χ4v) is 3.06. The maximum absolute atomic E-state index is 12.6. The minimum Gasteiger partial charge on any atom is -0.508 e.